The van der Waals surface area contributed by atoms with Gasteiger partial charge in [0.25, 0.3) is 5.91 Å². The zero-order chi connectivity index (χ0) is 13.8. The molecule has 1 aromatic rings. The lowest BCUT2D eigenvalue weighted by atomic mass is 10.2. The molecule has 0 saturated carbocycles. The standard InChI is InChI=1S/C11H13Br2NO3S/c1-2-18(16,17)4-3-14-11(15)8-5-9(12)7-10(13)6-8/h5-7H,2-4H2,1H3,(H,14,15). The van der Waals surface area contributed by atoms with Crippen molar-refractivity contribution in [3.05, 3.63) is 32.7 Å². The number of carbonyl (C=O) groups is 1. The Kier molecular flexibility index (Phi) is 5.81. The Morgan fingerprint density at radius 3 is 2.28 bits per heavy atom. The molecule has 1 aromatic carbocycles. The average Bonchev–Trinajstić information content (AvgIpc) is 2.27. The molecule has 0 aliphatic heterocycles. The third-order valence-electron chi connectivity index (χ3n) is 2.26. The summed E-state index contributed by atoms with van der Waals surface area (Å²) in [5.74, 6) is -0.237. The molecular weight excluding hydrogens is 386 g/mol. The van der Waals surface area contributed by atoms with Crippen molar-refractivity contribution in [3.8, 4) is 0 Å². The second-order valence-corrected chi connectivity index (χ2v) is 7.95. The van der Waals surface area contributed by atoms with Crippen LogP contribution in [0.3, 0.4) is 0 Å². The Morgan fingerprint density at radius 1 is 1.22 bits per heavy atom. The third kappa shape index (κ3) is 5.07. The minimum absolute atomic E-state index is 0.0373. The number of hydrogen-bond donors (Lipinski definition) is 1. The van der Waals surface area contributed by atoms with Crippen molar-refractivity contribution >= 4 is 47.6 Å². The van der Waals surface area contributed by atoms with Gasteiger partial charge in [0, 0.05) is 26.8 Å². The van der Waals surface area contributed by atoms with Crippen molar-refractivity contribution in [2.75, 3.05) is 18.1 Å². The van der Waals surface area contributed by atoms with Crippen molar-refractivity contribution in [2.24, 2.45) is 0 Å². The molecule has 0 radical (unpaired) electrons. The molecule has 0 unspecified atom stereocenters. The van der Waals surface area contributed by atoms with Gasteiger partial charge in [-0.3, -0.25) is 4.79 Å². The molecule has 1 rings (SSSR count). The number of nitrogens with one attached hydrogen (secondary N) is 1. The van der Waals surface area contributed by atoms with Gasteiger partial charge in [0.1, 0.15) is 0 Å². The molecular formula is C11H13Br2NO3S. The Morgan fingerprint density at radius 2 is 1.78 bits per heavy atom. The number of carbonyl (C=O) groups excluding carboxylic acids is 1. The second kappa shape index (κ2) is 6.68. The normalized spacial score (nSPS) is 11.3. The molecule has 1 amide bonds. The lowest BCUT2D eigenvalue weighted by Gasteiger charge is -2.06. The first kappa shape index (κ1) is 15.7. The van der Waals surface area contributed by atoms with E-state index in [1.807, 2.05) is 6.07 Å². The summed E-state index contributed by atoms with van der Waals surface area (Å²) >= 11 is 6.57. The number of halogens is 2. The van der Waals surface area contributed by atoms with Gasteiger partial charge < -0.3 is 5.32 Å². The highest BCUT2D eigenvalue weighted by Crippen LogP contribution is 2.19. The molecule has 0 bridgehead atoms. The average molecular weight is 399 g/mol. The summed E-state index contributed by atoms with van der Waals surface area (Å²) in [5.41, 5.74) is 0.477. The van der Waals surface area contributed by atoms with Crippen LogP contribution in [0.4, 0.5) is 0 Å². The van der Waals surface area contributed by atoms with E-state index in [-0.39, 0.29) is 24.0 Å². The molecule has 18 heavy (non-hydrogen) atoms. The molecule has 0 aliphatic rings. The second-order valence-electron chi connectivity index (χ2n) is 3.65. The lowest BCUT2D eigenvalue weighted by molar-refractivity contribution is 0.0956. The number of rotatable bonds is 5. The molecule has 7 heteroatoms. The van der Waals surface area contributed by atoms with E-state index in [0.29, 0.717) is 5.56 Å². The minimum atomic E-state index is -3.05. The molecule has 0 aliphatic carbocycles. The van der Waals surface area contributed by atoms with Crippen LogP contribution in [0.5, 0.6) is 0 Å². The van der Waals surface area contributed by atoms with Crippen molar-refractivity contribution < 1.29 is 13.2 Å². The van der Waals surface area contributed by atoms with Gasteiger partial charge >= 0.3 is 0 Å². The van der Waals surface area contributed by atoms with Gasteiger partial charge in [0.15, 0.2) is 9.84 Å². The molecule has 0 spiro atoms. The number of benzene rings is 1. The first-order chi connectivity index (χ1) is 8.34. The molecule has 0 heterocycles. The van der Waals surface area contributed by atoms with E-state index in [4.69, 9.17) is 0 Å². The van der Waals surface area contributed by atoms with E-state index in [0.717, 1.165) is 8.95 Å². The molecule has 0 fully saturated rings. The molecule has 100 valence electrons. The fourth-order valence-electron chi connectivity index (χ4n) is 1.25. The fourth-order valence-corrected chi connectivity index (χ4v) is 3.25. The van der Waals surface area contributed by atoms with Gasteiger partial charge in [-0.2, -0.15) is 0 Å². The SMILES string of the molecule is CCS(=O)(=O)CCNC(=O)c1cc(Br)cc(Br)c1. The predicted molar refractivity (Wildman–Crippen MR) is 78.5 cm³/mol. The van der Waals surface area contributed by atoms with E-state index >= 15 is 0 Å². The number of sulfone groups is 1. The van der Waals surface area contributed by atoms with Gasteiger partial charge in [-0.1, -0.05) is 38.8 Å². The Bertz CT molecular complexity index is 523. The van der Waals surface area contributed by atoms with Crippen LogP contribution in [0.2, 0.25) is 0 Å². The molecule has 0 atom stereocenters. The van der Waals surface area contributed by atoms with Gasteiger partial charge in [-0.15, -0.1) is 0 Å². The van der Waals surface area contributed by atoms with E-state index in [1.54, 1.807) is 19.1 Å². The largest absolute Gasteiger partial charge is 0.351 e. The molecule has 4 nitrogen and oxygen atoms in total. The van der Waals surface area contributed by atoms with Gasteiger partial charge in [0.05, 0.1) is 5.75 Å². The maximum atomic E-state index is 11.8. The van der Waals surface area contributed by atoms with E-state index in [9.17, 15) is 13.2 Å². The first-order valence-corrected chi connectivity index (χ1v) is 8.69. The quantitative estimate of drug-likeness (QED) is 0.828. The summed E-state index contributed by atoms with van der Waals surface area (Å²) in [6, 6.07) is 5.17. The minimum Gasteiger partial charge on any atom is -0.351 e. The van der Waals surface area contributed by atoms with Crippen LogP contribution < -0.4 is 5.32 Å². The third-order valence-corrected chi connectivity index (χ3v) is 4.88. The molecule has 0 saturated heterocycles. The van der Waals surface area contributed by atoms with Crippen LogP contribution >= 0.6 is 31.9 Å². The van der Waals surface area contributed by atoms with Crippen LogP contribution in [0.15, 0.2) is 27.1 Å². The first-order valence-electron chi connectivity index (χ1n) is 5.29. The number of hydrogen-bond acceptors (Lipinski definition) is 3. The van der Waals surface area contributed by atoms with Crippen LogP contribution in [0.25, 0.3) is 0 Å². The van der Waals surface area contributed by atoms with E-state index in [1.165, 1.54) is 0 Å². The van der Waals surface area contributed by atoms with Gasteiger partial charge in [-0.25, -0.2) is 8.42 Å². The van der Waals surface area contributed by atoms with E-state index < -0.39 is 9.84 Å². The summed E-state index contributed by atoms with van der Waals surface area (Å²) in [6.07, 6.45) is 0. The van der Waals surface area contributed by atoms with Crippen molar-refractivity contribution in [2.45, 2.75) is 6.92 Å². The maximum absolute atomic E-state index is 11.8. The predicted octanol–water partition coefficient (Wildman–Crippen LogP) is 2.38. The van der Waals surface area contributed by atoms with Crippen molar-refractivity contribution in [1.29, 1.82) is 0 Å². The summed E-state index contributed by atoms with van der Waals surface area (Å²) in [6.45, 7) is 1.71. The lowest BCUT2D eigenvalue weighted by Crippen LogP contribution is -2.29. The molecule has 1 N–H and O–H groups in total. The Balaban J connectivity index is 2.61. The summed E-state index contributed by atoms with van der Waals surface area (Å²) < 4.78 is 24.1. The maximum Gasteiger partial charge on any atom is 0.251 e. The number of amides is 1. The van der Waals surface area contributed by atoms with Gasteiger partial charge in [0.2, 0.25) is 0 Å². The van der Waals surface area contributed by atoms with Crippen molar-refractivity contribution in [3.63, 3.8) is 0 Å². The van der Waals surface area contributed by atoms with Crippen molar-refractivity contribution in [1.82, 2.24) is 5.32 Å². The highest BCUT2D eigenvalue weighted by molar-refractivity contribution is 9.11. The van der Waals surface area contributed by atoms with Crippen LogP contribution in [-0.4, -0.2) is 32.4 Å². The van der Waals surface area contributed by atoms with Crippen LogP contribution in [0.1, 0.15) is 17.3 Å². The van der Waals surface area contributed by atoms with Crippen LogP contribution in [0, 0.1) is 0 Å². The Labute approximate surface area is 123 Å². The summed E-state index contributed by atoms with van der Waals surface area (Å²) in [5, 5.41) is 2.58. The zero-order valence-corrected chi connectivity index (χ0v) is 13.7. The highest BCUT2D eigenvalue weighted by atomic mass is 79.9. The van der Waals surface area contributed by atoms with Gasteiger partial charge in [-0.05, 0) is 18.2 Å². The topological polar surface area (TPSA) is 63.2 Å². The Hall–Kier alpha value is -0.400. The summed E-state index contributed by atoms with van der Waals surface area (Å²) in [4.78, 5) is 11.8. The smallest absolute Gasteiger partial charge is 0.251 e. The van der Waals surface area contributed by atoms with Crippen LogP contribution in [-0.2, 0) is 9.84 Å². The fraction of sp³-hybridized carbons (Fsp3) is 0.364. The summed E-state index contributed by atoms with van der Waals surface area (Å²) in [7, 11) is -3.05. The monoisotopic (exact) mass is 397 g/mol. The highest BCUT2D eigenvalue weighted by Gasteiger charge is 2.10. The molecule has 0 aromatic heterocycles. The van der Waals surface area contributed by atoms with E-state index in [2.05, 4.69) is 37.2 Å². The zero-order valence-electron chi connectivity index (χ0n) is 9.74.